The molecule has 0 fully saturated rings. The van der Waals surface area contributed by atoms with Gasteiger partial charge in [0.15, 0.2) is 0 Å². The summed E-state index contributed by atoms with van der Waals surface area (Å²) in [5.74, 6) is 0. The van der Waals surface area contributed by atoms with Gasteiger partial charge in [-0.2, -0.15) is 0 Å². The van der Waals surface area contributed by atoms with Gasteiger partial charge in [-0.3, -0.25) is 0 Å². The van der Waals surface area contributed by atoms with E-state index in [9.17, 15) is 0 Å². The molecule has 0 saturated heterocycles. The molecule has 6 aromatic heterocycles. The number of rotatable bonds is 8. The van der Waals surface area contributed by atoms with E-state index in [4.69, 9.17) is 19.9 Å². The van der Waals surface area contributed by atoms with E-state index < -0.39 is 0 Å². The van der Waals surface area contributed by atoms with Crippen molar-refractivity contribution in [1.82, 2.24) is 19.9 Å². The molecule has 0 spiro atoms. The van der Waals surface area contributed by atoms with E-state index in [1.807, 2.05) is 35.1 Å². The summed E-state index contributed by atoms with van der Waals surface area (Å²) >= 11 is 7.13. The normalized spacial score (nSPS) is 11.9. The van der Waals surface area contributed by atoms with E-state index in [0.29, 0.717) is 0 Å². The highest BCUT2D eigenvalue weighted by atomic mass is 32.1. The summed E-state index contributed by atoms with van der Waals surface area (Å²) in [7, 11) is 0. The molecule has 4 nitrogen and oxygen atoms in total. The van der Waals surface area contributed by atoms with Crippen molar-refractivity contribution in [3.8, 4) is 89.3 Å². The number of hydrogen-bond acceptors (Lipinski definition) is 8. The van der Waals surface area contributed by atoms with Gasteiger partial charge in [0, 0.05) is 71.6 Å². The average Bonchev–Trinajstić information content (AvgIpc) is 1.15. The van der Waals surface area contributed by atoms with Crippen molar-refractivity contribution in [2.45, 2.75) is 0 Å². The Balaban J connectivity index is 0.000000134. The standard InChI is InChI=1S/C52H30N2S2.C48H28N2S2/c1-2-16-40-38(14-1)39-15-3-4-17-41(39)45-28-33(22-24-42(40)45)31-10-7-11-32(26-31)34-23-25-49-46(29-34)50-52(56-49)53-30-47(54-50)36-13-8-12-35(27-36)37-19-9-20-44-43-18-5-6-21-48(43)55-51(37)44;1-2-15-35-33(10-1)27-41(38-17-4-3-16-37(35)38)32-13-7-11-29(24-32)30-22-23-45-42(26-30)46-48(52-45)49-28-43(50-46)34-14-8-12-31(25-34)36-19-9-20-40-39-18-5-6-21-44(39)51-47(36)40/h1-30H;1-28H. The molecular formula is C100H58N4S4. The molecule has 17 aromatic carbocycles. The first-order valence-corrected chi connectivity index (χ1v) is 39.6. The second-order valence-electron chi connectivity index (χ2n) is 27.9. The zero-order valence-electron chi connectivity index (χ0n) is 57.9. The number of aromatic nitrogens is 4. The zero-order valence-corrected chi connectivity index (χ0v) is 61.2. The first-order valence-electron chi connectivity index (χ1n) is 36.3. The van der Waals surface area contributed by atoms with Crippen LogP contribution in [0.25, 0.3) is 224 Å². The molecule has 6 heterocycles. The lowest BCUT2D eigenvalue weighted by Gasteiger charge is -2.12. The van der Waals surface area contributed by atoms with E-state index in [1.165, 1.54) is 170 Å². The largest absolute Gasteiger partial charge is 0.243 e. The Morgan fingerprint density at radius 1 is 0.185 bits per heavy atom. The molecular weight excluding hydrogens is 1390 g/mol. The van der Waals surface area contributed by atoms with Crippen LogP contribution >= 0.6 is 45.3 Å². The second kappa shape index (κ2) is 25.4. The fourth-order valence-electron chi connectivity index (χ4n) is 16.5. The summed E-state index contributed by atoms with van der Waals surface area (Å²) in [6.07, 6.45) is 3.85. The summed E-state index contributed by atoms with van der Waals surface area (Å²) in [6.45, 7) is 0. The van der Waals surface area contributed by atoms with Gasteiger partial charge in [0.05, 0.1) is 23.8 Å². The molecule has 23 aromatic rings. The van der Waals surface area contributed by atoms with Gasteiger partial charge in [-0.05, 0) is 193 Å². The third kappa shape index (κ3) is 10.5. The van der Waals surface area contributed by atoms with Crippen LogP contribution in [0.5, 0.6) is 0 Å². The molecule has 0 aliphatic carbocycles. The Morgan fingerprint density at radius 2 is 0.519 bits per heavy atom. The van der Waals surface area contributed by atoms with Crippen molar-refractivity contribution >= 4 is 180 Å². The molecule has 0 amide bonds. The predicted octanol–water partition coefficient (Wildman–Crippen LogP) is 29.5. The Hall–Kier alpha value is -12.9. The summed E-state index contributed by atoms with van der Waals surface area (Å²) in [4.78, 5) is 22.4. The van der Waals surface area contributed by atoms with Crippen molar-refractivity contribution in [2.75, 3.05) is 0 Å². The van der Waals surface area contributed by atoms with Crippen LogP contribution in [-0.4, -0.2) is 19.9 Å². The van der Waals surface area contributed by atoms with Gasteiger partial charge in [0.25, 0.3) is 0 Å². The van der Waals surface area contributed by atoms with Crippen LogP contribution in [0.15, 0.2) is 352 Å². The first kappa shape index (κ1) is 62.5. The molecule has 502 valence electrons. The Bertz CT molecular complexity index is 7630. The highest BCUT2D eigenvalue weighted by Crippen LogP contribution is 2.46. The molecule has 0 aliphatic heterocycles. The monoisotopic (exact) mass is 1440 g/mol. The quantitative estimate of drug-likeness (QED) is 0.142. The minimum absolute atomic E-state index is 0.881. The van der Waals surface area contributed by atoms with Crippen molar-refractivity contribution in [3.05, 3.63) is 352 Å². The number of fused-ring (bicyclic) bond motifs is 21. The Morgan fingerprint density at radius 3 is 1.03 bits per heavy atom. The first-order chi connectivity index (χ1) is 53.5. The van der Waals surface area contributed by atoms with Crippen LogP contribution < -0.4 is 0 Å². The van der Waals surface area contributed by atoms with Gasteiger partial charge in [0.1, 0.15) is 20.7 Å². The Labute approximate surface area is 636 Å². The van der Waals surface area contributed by atoms with Gasteiger partial charge in [-0.15, -0.1) is 45.3 Å². The van der Waals surface area contributed by atoms with Crippen LogP contribution in [0, 0.1) is 0 Å². The molecule has 23 rings (SSSR count). The summed E-state index contributed by atoms with van der Waals surface area (Å²) in [5.41, 5.74) is 20.2. The highest BCUT2D eigenvalue weighted by Gasteiger charge is 2.20. The number of benzene rings is 17. The lowest BCUT2D eigenvalue weighted by atomic mass is 9.91. The highest BCUT2D eigenvalue weighted by molar-refractivity contribution is 7.27. The van der Waals surface area contributed by atoms with E-state index in [2.05, 4.69) is 340 Å². The van der Waals surface area contributed by atoms with E-state index >= 15 is 0 Å². The topological polar surface area (TPSA) is 51.6 Å². The van der Waals surface area contributed by atoms with Gasteiger partial charge in [-0.1, -0.05) is 267 Å². The molecule has 108 heavy (non-hydrogen) atoms. The molecule has 0 radical (unpaired) electrons. The van der Waals surface area contributed by atoms with Crippen molar-refractivity contribution in [2.24, 2.45) is 0 Å². The smallest absolute Gasteiger partial charge is 0.143 e. The Kier molecular flexibility index (Phi) is 14.7. The van der Waals surface area contributed by atoms with Crippen molar-refractivity contribution in [1.29, 1.82) is 0 Å². The fourth-order valence-corrected chi connectivity index (χ4v) is 20.9. The summed E-state index contributed by atoms with van der Waals surface area (Å²) in [5, 5.41) is 20.3. The lowest BCUT2D eigenvalue weighted by Crippen LogP contribution is -1.88. The van der Waals surface area contributed by atoms with Crippen LogP contribution in [-0.2, 0) is 0 Å². The van der Waals surface area contributed by atoms with E-state index in [0.717, 1.165) is 54.0 Å². The van der Waals surface area contributed by atoms with Gasteiger partial charge in [0.2, 0.25) is 0 Å². The lowest BCUT2D eigenvalue weighted by molar-refractivity contribution is 1.32. The van der Waals surface area contributed by atoms with Crippen LogP contribution in [0.3, 0.4) is 0 Å². The van der Waals surface area contributed by atoms with Crippen LogP contribution in [0.1, 0.15) is 0 Å². The van der Waals surface area contributed by atoms with Crippen molar-refractivity contribution in [3.63, 3.8) is 0 Å². The number of nitrogens with zero attached hydrogens (tertiary/aromatic N) is 4. The third-order valence-corrected chi connectivity index (χ3v) is 26.2. The van der Waals surface area contributed by atoms with E-state index in [-0.39, 0.29) is 0 Å². The molecule has 8 heteroatoms. The van der Waals surface area contributed by atoms with Gasteiger partial charge >= 0.3 is 0 Å². The molecule has 0 atom stereocenters. The molecule has 0 saturated carbocycles. The summed E-state index contributed by atoms with van der Waals surface area (Å²) in [6, 6.07) is 124. The summed E-state index contributed by atoms with van der Waals surface area (Å²) < 4.78 is 7.64. The minimum Gasteiger partial charge on any atom is -0.243 e. The maximum atomic E-state index is 5.29. The van der Waals surface area contributed by atoms with Gasteiger partial charge in [-0.25, -0.2) is 19.9 Å². The third-order valence-electron chi connectivity index (χ3n) is 21.7. The SMILES string of the molecule is c1cc(-c2ccc3c4ccccc4c4ccccc4c3c2)cc(-c2ccc3sc4ncc(-c5cccc(-c6cccc7c6sc6ccccc67)c5)nc4c3c2)c1.c1cc(-c2ccc3sc4ncc(-c5cccc(-c6cccc7c6sc6ccccc67)c5)nc4c3c2)cc(-c2cc3ccccc3c3ccccc23)c1. The number of thiophene rings is 4. The fraction of sp³-hybridized carbons (Fsp3) is 0. The molecule has 0 N–H and O–H groups in total. The second-order valence-corrected chi connectivity index (χ2v) is 32.0. The van der Waals surface area contributed by atoms with Crippen LogP contribution in [0.2, 0.25) is 0 Å². The maximum absolute atomic E-state index is 5.29. The van der Waals surface area contributed by atoms with E-state index in [1.54, 1.807) is 22.7 Å². The van der Waals surface area contributed by atoms with Gasteiger partial charge < -0.3 is 0 Å². The molecule has 0 unspecified atom stereocenters. The maximum Gasteiger partial charge on any atom is 0.143 e. The molecule has 0 bridgehead atoms. The predicted molar refractivity (Wildman–Crippen MR) is 467 cm³/mol. The van der Waals surface area contributed by atoms with Crippen molar-refractivity contribution < 1.29 is 0 Å². The zero-order chi connectivity index (χ0) is 70.9. The average molecular weight is 1440 g/mol. The minimum atomic E-state index is 0.881. The van der Waals surface area contributed by atoms with Crippen LogP contribution in [0.4, 0.5) is 0 Å². The number of hydrogen-bond donors (Lipinski definition) is 0. The molecule has 0 aliphatic rings.